The lowest BCUT2D eigenvalue weighted by molar-refractivity contribution is -0.143. The SMILES string of the molecule is CCCCCCCCCC(F)(F)/C=C\COC(=O)CCCCCCCP(CCCCCCCC(=O)OC/C=C\C(F)(F)CCCCCCCCC)C(=O)CCCN(C)C. The molecule has 0 aromatic rings. The fourth-order valence-corrected chi connectivity index (χ4v) is 9.35. The fourth-order valence-electron chi connectivity index (χ4n) is 6.94. The predicted octanol–water partition coefficient (Wildman–Crippen LogP) is 14.8. The van der Waals surface area contributed by atoms with Crippen LogP contribution in [0.2, 0.25) is 0 Å². The zero-order valence-electron chi connectivity index (χ0n) is 38.0. The van der Waals surface area contributed by atoms with Crippen molar-refractivity contribution in [1.82, 2.24) is 4.90 Å². The third-order valence-corrected chi connectivity index (χ3v) is 13.2. The molecule has 0 spiro atoms. The van der Waals surface area contributed by atoms with E-state index >= 15 is 0 Å². The highest BCUT2D eigenvalue weighted by Crippen LogP contribution is 2.41. The largest absolute Gasteiger partial charge is 0.461 e. The van der Waals surface area contributed by atoms with Crippen molar-refractivity contribution in [2.24, 2.45) is 0 Å². The van der Waals surface area contributed by atoms with Gasteiger partial charge < -0.3 is 14.4 Å². The fraction of sp³-hybridized carbons (Fsp3) is 0.854. The van der Waals surface area contributed by atoms with Crippen LogP contribution in [0.15, 0.2) is 24.3 Å². The van der Waals surface area contributed by atoms with Crippen LogP contribution in [-0.4, -0.2) is 80.4 Å². The van der Waals surface area contributed by atoms with E-state index in [-0.39, 0.29) is 50.8 Å². The summed E-state index contributed by atoms with van der Waals surface area (Å²) in [4.78, 5) is 39.4. The highest BCUT2D eigenvalue weighted by Gasteiger charge is 2.25. The van der Waals surface area contributed by atoms with Gasteiger partial charge in [0.1, 0.15) is 13.2 Å². The molecule has 0 aliphatic rings. The van der Waals surface area contributed by atoms with Crippen LogP contribution in [0.25, 0.3) is 0 Å². The Hall–Kier alpha value is -1.80. The molecule has 6 nitrogen and oxygen atoms in total. The molecule has 0 aliphatic heterocycles. The summed E-state index contributed by atoms with van der Waals surface area (Å²) in [5, 5.41) is 0. The minimum absolute atomic E-state index is 0.128. The first-order valence-electron chi connectivity index (χ1n) is 23.7. The number of alkyl halides is 4. The normalized spacial score (nSPS) is 12.4. The first-order chi connectivity index (χ1) is 28.3. The summed E-state index contributed by atoms with van der Waals surface area (Å²) in [6.45, 7) is 4.95. The van der Waals surface area contributed by atoms with Gasteiger partial charge in [-0.1, -0.05) is 129 Å². The average Bonchev–Trinajstić information content (AvgIpc) is 3.18. The number of hydrogen-bond donors (Lipinski definition) is 0. The van der Waals surface area contributed by atoms with Crippen molar-refractivity contribution in [2.45, 2.75) is 218 Å². The van der Waals surface area contributed by atoms with Crippen LogP contribution in [0.5, 0.6) is 0 Å². The number of carbonyl (C=O) groups excluding carboxylic acids is 3. The van der Waals surface area contributed by atoms with Gasteiger partial charge >= 0.3 is 11.9 Å². The number of unbranched alkanes of at least 4 members (excludes halogenated alkanes) is 20. The molecule has 0 radical (unpaired) electrons. The molecule has 0 aromatic heterocycles. The minimum Gasteiger partial charge on any atom is -0.461 e. The lowest BCUT2D eigenvalue weighted by Crippen LogP contribution is -2.14. The summed E-state index contributed by atoms with van der Waals surface area (Å²) < 4.78 is 66.6. The summed E-state index contributed by atoms with van der Waals surface area (Å²) in [6, 6.07) is 0. The van der Waals surface area contributed by atoms with Gasteiger partial charge in [-0.15, -0.1) is 0 Å². The van der Waals surface area contributed by atoms with Crippen LogP contribution >= 0.6 is 7.92 Å². The van der Waals surface area contributed by atoms with E-state index in [0.29, 0.717) is 37.6 Å². The molecule has 0 aliphatic carbocycles. The summed E-state index contributed by atoms with van der Waals surface area (Å²) in [5.74, 6) is -6.46. The Morgan fingerprint density at radius 1 is 0.492 bits per heavy atom. The number of esters is 2. The third-order valence-electron chi connectivity index (χ3n) is 10.6. The van der Waals surface area contributed by atoms with Crippen LogP contribution in [0.1, 0.15) is 206 Å². The second-order valence-electron chi connectivity index (χ2n) is 16.8. The Bertz CT molecular complexity index is 1020. The van der Waals surface area contributed by atoms with Gasteiger partial charge in [-0.25, -0.2) is 17.6 Å². The van der Waals surface area contributed by atoms with E-state index in [1.807, 2.05) is 14.1 Å². The second-order valence-corrected chi connectivity index (χ2v) is 19.2. The van der Waals surface area contributed by atoms with Crippen molar-refractivity contribution in [2.75, 3.05) is 46.2 Å². The van der Waals surface area contributed by atoms with Crippen LogP contribution in [0.3, 0.4) is 0 Å². The van der Waals surface area contributed by atoms with Gasteiger partial charge in [-0.3, -0.25) is 14.4 Å². The van der Waals surface area contributed by atoms with Crippen molar-refractivity contribution in [3.05, 3.63) is 24.3 Å². The number of rotatable bonds is 43. The summed E-state index contributed by atoms with van der Waals surface area (Å²) in [5.41, 5.74) is 0.404. The predicted molar refractivity (Wildman–Crippen MR) is 240 cm³/mol. The Balaban J connectivity index is 4.22. The smallest absolute Gasteiger partial charge is 0.306 e. The molecule has 0 rings (SSSR count). The molecule has 0 amide bonds. The van der Waals surface area contributed by atoms with Crippen molar-refractivity contribution >= 4 is 25.4 Å². The summed E-state index contributed by atoms with van der Waals surface area (Å²) in [7, 11) is 3.33. The maximum absolute atomic E-state index is 14.1. The molecular formula is C48H86F4NO5P. The van der Waals surface area contributed by atoms with E-state index in [2.05, 4.69) is 18.7 Å². The molecule has 0 fully saturated rings. The molecule has 0 saturated heterocycles. The van der Waals surface area contributed by atoms with Crippen LogP contribution < -0.4 is 0 Å². The Morgan fingerprint density at radius 3 is 1.24 bits per heavy atom. The Labute approximate surface area is 359 Å². The standard InChI is InChI=1S/C48H86F4NO5P/c1-5-7-9-11-13-19-25-35-47(49,50)37-30-40-57-44(54)32-23-17-15-21-27-42-59(46(56)34-29-39-53(3)4)43-28-22-16-18-24-33-45(55)58-41-31-38-48(51,52)36-26-20-14-12-10-8-6-2/h30-31,37-38H,5-29,32-36,39-43H2,1-4H3/b37-30-,38-31-. The van der Waals surface area contributed by atoms with Gasteiger partial charge in [-0.2, -0.15) is 0 Å². The van der Waals surface area contributed by atoms with Crippen LogP contribution in [-0.2, 0) is 23.9 Å². The lowest BCUT2D eigenvalue weighted by Gasteiger charge is -2.17. The van der Waals surface area contributed by atoms with Crippen LogP contribution in [0, 0.1) is 0 Å². The molecule has 0 heterocycles. The summed E-state index contributed by atoms with van der Waals surface area (Å²) in [6.07, 6.45) is 30.8. The van der Waals surface area contributed by atoms with Gasteiger partial charge in [-0.05, 0) is 110 Å². The maximum Gasteiger partial charge on any atom is 0.306 e. The molecule has 59 heavy (non-hydrogen) atoms. The highest BCUT2D eigenvalue weighted by molar-refractivity contribution is 7.74. The molecule has 0 aromatic carbocycles. The van der Waals surface area contributed by atoms with Gasteiger partial charge in [0.2, 0.25) is 0 Å². The summed E-state index contributed by atoms with van der Waals surface area (Å²) >= 11 is 0. The minimum atomic E-state index is -2.87. The first kappa shape index (κ1) is 57.2. The molecule has 0 atom stereocenters. The molecule has 0 bridgehead atoms. The van der Waals surface area contributed by atoms with Gasteiger partial charge in [0.25, 0.3) is 11.8 Å². The van der Waals surface area contributed by atoms with E-state index in [4.69, 9.17) is 9.47 Å². The molecule has 0 unspecified atom stereocenters. The lowest BCUT2D eigenvalue weighted by atomic mass is 10.1. The zero-order valence-corrected chi connectivity index (χ0v) is 38.9. The number of halogens is 4. The van der Waals surface area contributed by atoms with E-state index in [1.54, 1.807) is 0 Å². The number of ether oxygens (including phenoxy) is 2. The topological polar surface area (TPSA) is 72.9 Å². The van der Waals surface area contributed by atoms with E-state index < -0.39 is 19.8 Å². The van der Waals surface area contributed by atoms with Crippen molar-refractivity contribution in [1.29, 1.82) is 0 Å². The number of carbonyl (C=O) groups is 3. The number of allylic oxidation sites excluding steroid dienone is 2. The van der Waals surface area contributed by atoms with Gasteiger partial charge in [0.05, 0.1) is 0 Å². The first-order valence-corrected chi connectivity index (χ1v) is 25.4. The number of nitrogens with zero attached hydrogens (tertiary/aromatic N) is 1. The third kappa shape index (κ3) is 40.1. The van der Waals surface area contributed by atoms with E-state index in [1.165, 1.54) is 50.7 Å². The zero-order chi connectivity index (χ0) is 43.9. The van der Waals surface area contributed by atoms with Gasteiger partial charge in [0.15, 0.2) is 5.52 Å². The molecule has 11 heteroatoms. The van der Waals surface area contributed by atoms with Crippen molar-refractivity contribution in [3.63, 3.8) is 0 Å². The molecular weight excluding hydrogens is 777 g/mol. The maximum atomic E-state index is 14.1. The van der Waals surface area contributed by atoms with E-state index in [0.717, 1.165) is 127 Å². The highest BCUT2D eigenvalue weighted by atomic mass is 31.1. The number of hydrogen-bond acceptors (Lipinski definition) is 6. The van der Waals surface area contributed by atoms with Crippen molar-refractivity contribution in [3.8, 4) is 0 Å². The molecule has 0 saturated carbocycles. The van der Waals surface area contributed by atoms with Crippen molar-refractivity contribution < 1.29 is 41.4 Å². The molecule has 346 valence electrons. The average molecular weight is 864 g/mol. The monoisotopic (exact) mass is 864 g/mol. The molecule has 0 N–H and O–H groups in total. The van der Waals surface area contributed by atoms with E-state index in [9.17, 15) is 31.9 Å². The second kappa shape index (κ2) is 39.1. The van der Waals surface area contributed by atoms with Gasteiger partial charge in [0, 0.05) is 32.1 Å². The Morgan fingerprint density at radius 2 is 0.847 bits per heavy atom. The van der Waals surface area contributed by atoms with Crippen LogP contribution in [0.4, 0.5) is 17.6 Å². The Kier molecular flexibility index (Phi) is 37.9. The quantitative estimate of drug-likeness (QED) is 0.0200.